The van der Waals surface area contributed by atoms with Gasteiger partial charge in [-0.05, 0) is 68.1 Å². The zero-order valence-corrected chi connectivity index (χ0v) is 18.4. The van der Waals surface area contributed by atoms with Crippen molar-refractivity contribution in [2.24, 2.45) is 0 Å². The smallest absolute Gasteiger partial charge is 0.316 e. The Labute approximate surface area is 183 Å². The number of aromatic nitrogens is 2. The van der Waals surface area contributed by atoms with Crippen molar-refractivity contribution in [3.63, 3.8) is 0 Å². The molecule has 5 nitrogen and oxygen atoms in total. The summed E-state index contributed by atoms with van der Waals surface area (Å²) in [4.78, 5) is 33.1. The number of benzene rings is 1. The number of aryl methyl sites for hydroxylation is 2. The molecule has 0 saturated heterocycles. The fourth-order valence-electron chi connectivity index (χ4n) is 4.46. The summed E-state index contributed by atoms with van der Waals surface area (Å²) in [6, 6.07) is 6.55. The monoisotopic (exact) mass is 440 g/mol. The minimum atomic E-state index is -0.240. The molecule has 0 bridgehead atoms. The topological polar surface area (TPSA) is 72.0 Å². The Morgan fingerprint density at radius 2 is 1.97 bits per heavy atom. The second-order valence-electron chi connectivity index (χ2n) is 8.08. The lowest BCUT2D eigenvalue weighted by Crippen LogP contribution is -2.17. The van der Waals surface area contributed by atoms with Gasteiger partial charge < -0.3 is 9.72 Å². The van der Waals surface area contributed by atoms with E-state index >= 15 is 0 Å². The summed E-state index contributed by atoms with van der Waals surface area (Å²) in [5.41, 5.74) is 4.69. The van der Waals surface area contributed by atoms with E-state index in [4.69, 9.17) is 4.74 Å². The molecule has 0 unspecified atom stereocenters. The first-order chi connectivity index (χ1) is 14.7. The van der Waals surface area contributed by atoms with Gasteiger partial charge in [0.05, 0.1) is 11.1 Å². The number of ether oxygens (including phenoxy) is 1. The molecule has 0 atom stereocenters. The van der Waals surface area contributed by atoms with E-state index in [2.05, 4.69) is 28.2 Å². The van der Waals surface area contributed by atoms with Gasteiger partial charge in [0.25, 0.3) is 5.56 Å². The minimum absolute atomic E-state index is 0.0593. The van der Waals surface area contributed by atoms with Crippen LogP contribution in [0.15, 0.2) is 33.5 Å². The number of nitrogens with one attached hydrogen (secondary N) is 1. The summed E-state index contributed by atoms with van der Waals surface area (Å²) >= 11 is 2.70. The Morgan fingerprint density at radius 3 is 2.80 bits per heavy atom. The highest BCUT2D eigenvalue weighted by Crippen LogP contribution is 2.34. The van der Waals surface area contributed by atoms with Gasteiger partial charge in [-0.1, -0.05) is 30.0 Å². The number of hydrogen-bond donors (Lipinski definition) is 1. The van der Waals surface area contributed by atoms with E-state index in [1.807, 2.05) is 5.38 Å². The van der Waals surface area contributed by atoms with Gasteiger partial charge >= 0.3 is 5.97 Å². The number of H-pyrrole nitrogens is 1. The molecule has 1 N–H and O–H groups in total. The number of hydrogen-bond acceptors (Lipinski definition) is 6. The molecule has 7 heteroatoms. The van der Waals surface area contributed by atoms with Gasteiger partial charge in [0, 0.05) is 10.9 Å². The average Bonchev–Trinajstić information content (AvgIpc) is 3.42. The van der Waals surface area contributed by atoms with Crippen molar-refractivity contribution in [1.82, 2.24) is 9.97 Å². The maximum absolute atomic E-state index is 12.8. The highest BCUT2D eigenvalue weighted by molar-refractivity contribution is 7.99. The molecule has 1 saturated carbocycles. The number of thiophene rings is 1. The first-order valence-electron chi connectivity index (χ1n) is 10.6. The fraction of sp³-hybridized carbons (Fsp3) is 0.435. The van der Waals surface area contributed by atoms with Gasteiger partial charge in [0.15, 0.2) is 5.16 Å². The molecule has 1 aromatic carbocycles. The van der Waals surface area contributed by atoms with E-state index < -0.39 is 0 Å². The van der Waals surface area contributed by atoms with Crippen molar-refractivity contribution >= 4 is 39.3 Å². The summed E-state index contributed by atoms with van der Waals surface area (Å²) in [6.45, 7) is 0. The van der Waals surface area contributed by atoms with Crippen LogP contribution in [0.5, 0.6) is 0 Å². The predicted octanol–water partition coefficient (Wildman–Crippen LogP) is 5.11. The van der Waals surface area contributed by atoms with Gasteiger partial charge in [-0.2, -0.15) is 0 Å². The molecule has 3 aromatic rings. The third kappa shape index (κ3) is 4.05. The quantitative estimate of drug-likeness (QED) is 0.339. The van der Waals surface area contributed by atoms with Gasteiger partial charge in [0.1, 0.15) is 10.9 Å². The van der Waals surface area contributed by atoms with E-state index in [0.717, 1.165) is 49.7 Å². The number of aromatic amines is 1. The predicted molar refractivity (Wildman–Crippen MR) is 121 cm³/mol. The second kappa shape index (κ2) is 8.55. The first kappa shape index (κ1) is 19.8. The Hall–Kier alpha value is -2.12. The third-order valence-electron chi connectivity index (χ3n) is 6.01. The molecule has 2 aromatic heterocycles. The normalized spacial score (nSPS) is 16.7. The van der Waals surface area contributed by atoms with E-state index in [1.165, 1.54) is 47.1 Å². The lowest BCUT2D eigenvalue weighted by atomic mass is 9.89. The number of esters is 1. The maximum Gasteiger partial charge on any atom is 0.316 e. The van der Waals surface area contributed by atoms with E-state index in [0.29, 0.717) is 15.4 Å². The molecule has 0 spiro atoms. The van der Waals surface area contributed by atoms with Crippen LogP contribution in [0.1, 0.15) is 49.7 Å². The number of carbonyl (C=O) groups is 1. The fourth-order valence-corrected chi connectivity index (χ4v) is 6.11. The van der Waals surface area contributed by atoms with Crippen LogP contribution in [-0.4, -0.2) is 27.8 Å². The molecule has 2 aliphatic rings. The first-order valence-corrected chi connectivity index (χ1v) is 12.5. The van der Waals surface area contributed by atoms with Gasteiger partial charge in [-0.3, -0.25) is 9.59 Å². The van der Waals surface area contributed by atoms with Crippen molar-refractivity contribution in [3.05, 3.63) is 45.1 Å². The van der Waals surface area contributed by atoms with Crippen LogP contribution in [0, 0.1) is 0 Å². The largest absolute Gasteiger partial charge is 0.462 e. The van der Waals surface area contributed by atoms with Crippen molar-refractivity contribution in [2.75, 3.05) is 5.75 Å². The number of rotatable bonds is 5. The Bertz CT molecular complexity index is 1150. The van der Waals surface area contributed by atoms with E-state index in [9.17, 15) is 9.59 Å². The Morgan fingerprint density at radius 1 is 1.17 bits per heavy atom. The highest BCUT2D eigenvalue weighted by Gasteiger charge is 2.20. The molecule has 5 rings (SSSR count). The zero-order chi connectivity index (χ0) is 20.5. The van der Waals surface area contributed by atoms with Crippen molar-refractivity contribution in [3.8, 4) is 11.1 Å². The number of fused-ring (bicyclic) bond motifs is 2. The molecular formula is C23H24N2O3S2. The van der Waals surface area contributed by atoms with Crippen molar-refractivity contribution < 1.29 is 9.53 Å². The SMILES string of the molecule is O=C(CSc1nc2scc(-c3ccc4c(c3)CCCC4)c2c(=O)[nH]1)OC1CCCC1. The zero-order valence-electron chi connectivity index (χ0n) is 16.7. The summed E-state index contributed by atoms with van der Waals surface area (Å²) in [6.07, 6.45) is 8.96. The highest BCUT2D eigenvalue weighted by atomic mass is 32.2. The standard InChI is InChI=1S/C23H24N2O3S2/c26-19(28-17-7-3-4-8-17)13-30-23-24-21(27)20-18(12-29-22(20)25-23)16-10-9-14-5-1-2-6-15(14)11-16/h9-12,17H,1-8,13H2,(H,24,25,27). The second-order valence-corrected chi connectivity index (χ2v) is 9.90. The molecule has 1 fully saturated rings. The van der Waals surface area contributed by atoms with Gasteiger partial charge in [0.2, 0.25) is 0 Å². The van der Waals surface area contributed by atoms with E-state index in [-0.39, 0.29) is 23.4 Å². The van der Waals surface area contributed by atoms with Crippen LogP contribution < -0.4 is 5.56 Å². The molecule has 0 radical (unpaired) electrons. The van der Waals surface area contributed by atoms with Crippen LogP contribution in [0.25, 0.3) is 21.3 Å². The summed E-state index contributed by atoms with van der Waals surface area (Å²) in [5.74, 6) is -0.0795. The van der Waals surface area contributed by atoms with Crippen LogP contribution >= 0.6 is 23.1 Å². The molecule has 0 aliphatic heterocycles. The van der Waals surface area contributed by atoms with Crippen LogP contribution in [0.4, 0.5) is 0 Å². The van der Waals surface area contributed by atoms with Crippen LogP contribution in [0.3, 0.4) is 0 Å². The van der Waals surface area contributed by atoms with E-state index in [1.54, 1.807) is 0 Å². The average molecular weight is 441 g/mol. The summed E-state index contributed by atoms with van der Waals surface area (Å²) in [7, 11) is 0. The number of nitrogens with zero attached hydrogens (tertiary/aromatic N) is 1. The van der Waals surface area contributed by atoms with Crippen LogP contribution in [0.2, 0.25) is 0 Å². The Kier molecular flexibility index (Phi) is 5.65. The molecular weight excluding hydrogens is 416 g/mol. The summed E-state index contributed by atoms with van der Waals surface area (Å²) < 4.78 is 5.48. The van der Waals surface area contributed by atoms with Crippen molar-refractivity contribution in [2.45, 2.75) is 62.6 Å². The molecule has 2 aliphatic carbocycles. The van der Waals surface area contributed by atoms with Crippen molar-refractivity contribution in [1.29, 1.82) is 0 Å². The lowest BCUT2D eigenvalue weighted by molar-refractivity contribution is -0.145. The maximum atomic E-state index is 12.8. The molecule has 30 heavy (non-hydrogen) atoms. The lowest BCUT2D eigenvalue weighted by Gasteiger charge is -2.16. The minimum Gasteiger partial charge on any atom is -0.462 e. The molecule has 2 heterocycles. The Balaban J connectivity index is 1.36. The molecule has 156 valence electrons. The van der Waals surface area contributed by atoms with Gasteiger partial charge in [-0.15, -0.1) is 11.3 Å². The third-order valence-corrected chi connectivity index (χ3v) is 7.73. The summed E-state index contributed by atoms with van der Waals surface area (Å²) in [5, 5.41) is 3.11. The molecule has 0 amide bonds. The number of thioether (sulfide) groups is 1. The number of carbonyl (C=O) groups excluding carboxylic acids is 1. The van der Waals surface area contributed by atoms with Crippen LogP contribution in [-0.2, 0) is 22.4 Å². The van der Waals surface area contributed by atoms with Gasteiger partial charge in [-0.25, -0.2) is 4.98 Å².